The lowest BCUT2D eigenvalue weighted by molar-refractivity contribution is -0.127. The average Bonchev–Trinajstić information content (AvgIpc) is 2.81. The summed E-state index contributed by atoms with van der Waals surface area (Å²) in [6, 6.07) is 4.81. The molecule has 1 amide bonds. The minimum absolute atomic E-state index is 0.107. The highest BCUT2D eigenvalue weighted by molar-refractivity contribution is 5.78. The molecule has 2 aromatic rings. The van der Waals surface area contributed by atoms with E-state index < -0.39 is 0 Å². The van der Waals surface area contributed by atoms with E-state index in [-0.39, 0.29) is 11.8 Å². The number of amides is 1. The summed E-state index contributed by atoms with van der Waals surface area (Å²) in [6.45, 7) is 5.90. The maximum atomic E-state index is 12.7. The van der Waals surface area contributed by atoms with Crippen molar-refractivity contribution in [3.05, 3.63) is 54.4 Å². The number of carbonyl (C=O) groups is 1. The molecule has 0 saturated carbocycles. The van der Waals surface area contributed by atoms with E-state index in [0.717, 1.165) is 57.7 Å². The van der Waals surface area contributed by atoms with Gasteiger partial charge in [0, 0.05) is 63.1 Å². The fraction of sp³-hybridized carbons (Fsp3) is 0.565. The van der Waals surface area contributed by atoms with Gasteiger partial charge < -0.3 is 5.32 Å². The molecule has 0 unspecified atom stereocenters. The molecule has 0 aromatic carbocycles. The molecule has 7 nitrogen and oxygen atoms in total. The molecule has 0 spiro atoms. The Morgan fingerprint density at radius 2 is 1.87 bits per heavy atom. The predicted molar refractivity (Wildman–Crippen MR) is 116 cm³/mol. The summed E-state index contributed by atoms with van der Waals surface area (Å²) in [7, 11) is 0. The van der Waals surface area contributed by atoms with Gasteiger partial charge in [0.05, 0.1) is 11.6 Å². The molecule has 0 aliphatic carbocycles. The topological polar surface area (TPSA) is 74.2 Å². The second-order valence-electron chi connectivity index (χ2n) is 8.43. The molecule has 2 saturated heterocycles. The molecule has 160 valence electrons. The summed E-state index contributed by atoms with van der Waals surface area (Å²) in [5, 5.41) is 3.11. The number of likely N-dealkylation sites (tertiary alicyclic amines) is 2. The highest BCUT2D eigenvalue weighted by atomic mass is 16.1. The predicted octanol–water partition coefficient (Wildman–Crippen LogP) is 1.91. The minimum atomic E-state index is 0.107. The Morgan fingerprint density at radius 3 is 2.63 bits per heavy atom. The van der Waals surface area contributed by atoms with E-state index in [9.17, 15) is 4.79 Å². The molecule has 30 heavy (non-hydrogen) atoms. The van der Waals surface area contributed by atoms with Gasteiger partial charge in [0.25, 0.3) is 0 Å². The lowest BCUT2D eigenvalue weighted by atomic mass is 9.93. The number of rotatable bonds is 7. The van der Waals surface area contributed by atoms with Crippen molar-refractivity contribution in [3.8, 4) is 0 Å². The Labute approximate surface area is 178 Å². The van der Waals surface area contributed by atoms with Gasteiger partial charge in [-0.1, -0.05) is 0 Å². The molecule has 2 aliphatic rings. The zero-order valence-corrected chi connectivity index (χ0v) is 17.6. The van der Waals surface area contributed by atoms with Crippen LogP contribution >= 0.6 is 0 Å². The van der Waals surface area contributed by atoms with Gasteiger partial charge in [0.1, 0.15) is 0 Å². The normalized spacial score (nSPS) is 21.4. The van der Waals surface area contributed by atoms with Crippen LogP contribution in [0.2, 0.25) is 0 Å². The van der Waals surface area contributed by atoms with Crippen molar-refractivity contribution in [1.29, 1.82) is 0 Å². The molecule has 2 aliphatic heterocycles. The van der Waals surface area contributed by atoms with E-state index in [4.69, 9.17) is 0 Å². The van der Waals surface area contributed by atoms with E-state index in [0.29, 0.717) is 12.6 Å². The van der Waals surface area contributed by atoms with Gasteiger partial charge in [-0.25, -0.2) is 0 Å². The van der Waals surface area contributed by atoms with Crippen LogP contribution in [0.4, 0.5) is 0 Å². The number of aromatic nitrogens is 3. The number of nitrogens with zero attached hydrogens (tertiary/aromatic N) is 5. The van der Waals surface area contributed by atoms with Gasteiger partial charge in [0.15, 0.2) is 0 Å². The molecule has 4 heterocycles. The molecule has 1 N–H and O–H groups in total. The summed E-state index contributed by atoms with van der Waals surface area (Å²) in [6.07, 6.45) is 14.1. The Bertz CT molecular complexity index is 779. The quantitative estimate of drug-likeness (QED) is 0.754. The largest absolute Gasteiger partial charge is 0.355 e. The molecule has 4 rings (SSSR count). The first kappa shape index (κ1) is 20.9. The molecule has 1 atom stereocenters. The van der Waals surface area contributed by atoms with Crippen LogP contribution in [0.5, 0.6) is 0 Å². The highest BCUT2D eigenvalue weighted by Gasteiger charge is 2.31. The molecule has 2 fully saturated rings. The Hall–Kier alpha value is -2.38. The van der Waals surface area contributed by atoms with Gasteiger partial charge in [0.2, 0.25) is 5.91 Å². The Balaban J connectivity index is 1.20. The third-order valence-electron chi connectivity index (χ3n) is 6.35. The summed E-state index contributed by atoms with van der Waals surface area (Å²) < 4.78 is 0. The van der Waals surface area contributed by atoms with E-state index >= 15 is 0 Å². The fourth-order valence-corrected chi connectivity index (χ4v) is 4.66. The average molecular weight is 409 g/mol. The number of piperidine rings is 2. The zero-order chi connectivity index (χ0) is 20.6. The second-order valence-corrected chi connectivity index (χ2v) is 8.43. The summed E-state index contributed by atoms with van der Waals surface area (Å²) >= 11 is 0. The smallest absolute Gasteiger partial charge is 0.224 e. The molecular formula is C23H32N6O. The Morgan fingerprint density at radius 1 is 1.03 bits per heavy atom. The van der Waals surface area contributed by atoms with Gasteiger partial charge in [-0.05, 0) is 63.0 Å². The first-order chi connectivity index (χ1) is 14.8. The number of hydrogen-bond donors (Lipinski definition) is 1. The summed E-state index contributed by atoms with van der Waals surface area (Å²) in [5.74, 6) is 0.300. The third kappa shape index (κ3) is 5.83. The van der Waals surface area contributed by atoms with Crippen molar-refractivity contribution >= 4 is 5.91 Å². The first-order valence-corrected chi connectivity index (χ1v) is 11.2. The standard InChI is InChI=1S/C23H32N6O/c30-23(27-10-5-21-16-25-11-12-26-21)20-2-1-13-29(18-20)22-6-14-28(15-7-22)17-19-3-8-24-9-4-19/h3-4,8-9,11-12,16,20,22H,1-2,5-7,10,13-15,17-18H2,(H,27,30)/t20-/m1/s1. The van der Waals surface area contributed by atoms with Crippen molar-refractivity contribution in [2.75, 3.05) is 32.7 Å². The monoisotopic (exact) mass is 408 g/mol. The maximum absolute atomic E-state index is 12.7. The highest BCUT2D eigenvalue weighted by Crippen LogP contribution is 2.24. The van der Waals surface area contributed by atoms with Crippen molar-refractivity contribution < 1.29 is 4.79 Å². The lowest BCUT2D eigenvalue weighted by Crippen LogP contribution is -2.50. The third-order valence-corrected chi connectivity index (χ3v) is 6.35. The SMILES string of the molecule is O=C(NCCc1cnccn1)[C@@H]1CCCN(C2CCN(Cc3ccncc3)CC2)C1. The molecule has 2 aromatic heterocycles. The number of nitrogens with one attached hydrogen (secondary N) is 1. The molecule has 7 heteroatoms. The van der Waals surface area contributed by atoms with Crippen LogP contribution in [-0.2, 0) is 17.8 Å². The van der Waals surface area contributed by atoms with Crippen LogP contribution in [0.15, 0.2) is 43.1 Å². The van der Waals surface area contributed by atoms with E-state index in [1.54, 1.807) is 18.6 Å². The van der Waals surface area contributed by atoms with E-state index in [2.05, 4.69) is 42.2 Å². The van der Waals surface area contributed by atoms with Gasteiger partial charge in [-0.15, -0.1) is 0 Å². The molecule has 0 bridgehead atoms. The van der Waals surface area contributed by atoms with Crippen molar-refractivity contribution in [1.82, 2.24) is 30.1 Å². The van der Waals surface area contributed by atoms with Gasteiger partial charge in [-0.3, -0.25) is 29.5 Å². The van der Waals surface area contributed by atoms with Crippen molar-refractivity contribution in [3.63, 3.8) is 0 Å². The van der Waals surface area contributed by atoms with Crippen molar-refractivity contribution in [2.45, 2.75) is 44.7 Å². The molecular weight excluding hydrogens is 376 g/mol. The summed E-state index contributed by atoms with van der Waals surface area (Å²) in [5.41, 5.74) is 2.25. The second kappa shape index (κ2) is 10.6. The van der Waals surface area contributed by atoms with Crippen LogP contribution in [0.3, 0.4) is 0 Å². The lowest BCUT2D eigenvalue weighted by Gasteiger charge is -2.42. The zero-order valence-electron chi connectivity index (χ0n) is 17.6. The van der Waals surface area contributed by atoms with Crippen LogP contribution in [-0.4, -0.2) is 69.4 Å². The van der Waals surface area contributed by atoms with Crippen LogP contribution < -0.4 is 5.32 Å². The number of carbonyl (C=O) groups excluding carboxylic acids is 1. The van der Waals surface area contributed by atoms with Crippen LogP contribution in [0.1, 0.15) is 36.9 Å². The molecule has 0 radical (unpaired) electrons. The number of hydrogen-bond acceptors (Lipinski definition) is 6. The maximum Gasteiger partial charge on any atom is 0.224 e. The van der Waals surface area contributed by atoms with Crippen LogP contribution in [0.25, 0.3) is 0 Å². The Kier molecular flexibility index (Phi) is 7.37. The fourth-order valence-electron chi connectivity index (χ4n) is 4.66. The van der Waals surface area contributed by atoms with Gasteiger partial charge in [-0.2, -0.15) is 0 Å². The first-order valence-electron chi connectivity index (χ1n) is 11.2. The summed E-state index contributed by atoms with van der Waals surface area (Å²) in [4.78, 5) is 30.2. The van der Waals surface area contributed by atoms with Gasteiger partial charge >= 0.3 is 0 Å². The van der Waals surface area contributed by atoms with E-state index in [1.807, 2.05) is 12.4 Å². The van der Waals surface area contributed by atoms with Crippen molar-refractivity contribution in [2.24, 2.45) is 5.92 Å². The van der Waals surface area contributed by atoms with Crippen LogP contribution in [0, 0.1) is 5.92 Å². The van der Waals surface area contributed by atoms with E-state index in [1.165, 1.54) is 18.4 Å². The minimum Gasteiger partial charge on any atom is -0.355 e. The number of pyridine rings is 1.